The number of rotatable bonds is 11. The maximum atomic E-state index is 13.4. The minimum atomic E-state index is -2.94. The fourth-order valence-electron chi connectivity index (χ4n) is 4.13. The van der Waals surface area contributed by atoms with Crippen molar-refractivity contribution in [3.05, 3.63) is 93.8 Å². The topological polar surface area (TPSA) is 94.1 Å². The van der Waals surface area contributed by atoms with Crippen LogP contribution in [-0.4, -0.2) is 35.4 Å². The van der Waals surface area contributed by atoms with E-state index < -0.39 is 9.84 Å². The molecule has 0 fully saturated rings. The van der Waals surface area contributed by atoms with Crippen LogP contribution in [-0.2, 0) is 22.9 Å². The summed E-state index contributed by atoms with van der Waals surface area (Å²) in [6, 6.07) is 17.5. The van der Waals surface area contributed by atoms with Crippen molar-refractivity contribution < 1.29 is 17.5 Å². The van der Waals surface area contributed by atoms with Crippen molar-refractivity contribution in [1.29, 1.82) is 0 Å². The Morgan fingerprint density at radius 1 is 1.05 bits per heavy atom. The van der Waals surface area contributed by atoms with Gasteiger partial charge in [-0.05, 0) is 67.3 Å². The first-order chi connectivity index (χ1) is 19.2. The number of nitrogens with zero attached hydrogens (tertiary/aromatic N) is 3. The van der Waals surface area contributed by atoms with Gasteiger partial charge in [0.05, 0.1) is 21.2 Å². The first-order valence-corrected chi connectivity index (χ1v) is 15.9. The standard InChI is InChI=1S/C29H26ClFN4O3S2/c1-40(36,37)12-3-2-7-28-35-26(17-39-28)20-8-10-25-23(14-20)29(33-18-32-25)34-22-9-11-27(24(30)15-22)38-16-19-5-4-6-21(31)13-19/h4-6,8-11,13-15,17-18H,2-3,7,12,16H2,1H3,(H,32,33,34). The molecule has 0 aliphatic carbocycles. The molecule has 0 amide bonds. The Kier molecular flexibility index (Phi) is 8.58. The highest BCUT2D eigenvalue weighted by molar-refractivity contribution is 7.90. The van der Waals surface area contributed by atoms with E-state index >= 15 is 0 Å². The maximum Gasteiger partial charge on any atom is 0.147 e. The Morgan fingerprint density at radius 2 is 1.93 bits per heavy atom. The highest BCUT2D eigenvalue weighted by atomic mass is 35.5. The first kappa shape index (κ1) is 27.9. The van der Waals surface area contributed by atoms with Crippen LogP contribution in [0.4, 0.5) is 15.9 Å². The zero-order chi connectivity index (χ0) is 28.1. The third-order valence-corrected chi connectivity index (χ3v) is 8.35. The highest BCUT2D eigenvalue weighted by Gasteiger charge is 2.11. The number of ether oxygens (including phenoxy) is 1. The minimum absolute atomic E-state index is 0.196. The van der Waals surface area contributed by atoms with Crippen molar-refractivity contribution in [2.24, 2.45) is 0 Å². The van der Waals surface area contributed by atoms with Gasteiger partial charge in [0.1, 0.15) is 40.2 Å². The van der Waals surface area contributed by atoms with Crippen LogP contribution in [0, 0.1) is 5.82 Å². The molecule has 0 bridgehead atoms. The SMILES string of the molecule is CS(=O)(=O)CCCCc1nc(-c2ccc3ncnc(Nc4ccc(OCc5cccc(F)c5)c(Cl)c4)c3c2)cs1. The quantitative estimate of drug-likeness (QED) is 0.161. The summed E-state index contributed by atoms with van der Waals surface area (Å²) in [4.78, 5) is 13.6. The first-order valence-electron chi connectivity index (χ1n) is 12.5. The van der Waals surface area contributed by atoms with Gasteiger partial charge in [-0.15, -0.1) is 11.3 Å². The summed E-state index contributed by atoms with van der Waals surface area (Å²) in [6.07, 6.45) is 4.90. The number of hydrogen-bond donors (Lipinski definition) is 1. The lowest BCUT2D eigenvalue weighted by Gasteiger charge is -2.12. The van der Waals surface area contributed by atoms with Gasteiger partial charge in [0, 0.05) is 34.0 Å². The summed E-state index contributed by atoms with van der Waals surface area (Å²) >= 11 is 8.05. The monoisotopic (exact) mass is 596 g/mol. The molecule has 5 rings (SSSR count). The van der Waals surface area contributed by atoms with Crippen LogP contribution in [0.3, 0.4) is 0 Å². The number of benzene rings is 3. The molecule has 40 heavy (non-hydrogen) atoms. The lowest BCUT2D eigenvalue weighted by Crippen LogP contribution is -2.03. The van der Waals surface area contributed by atoms with E-state index in [1.54, 1.807) is 35.6 Å². The summed E-state index contributed by atoms with van der Waals surface area (Å²) in [5, 5.41) is 7.53. The predicted octanol–water partition coefficient (Wildman–Crippen LogP) is 7.24. The van der Waals surface area contributed by atoms with Crippen molar-refractivity contribution in [2.45, 2.75) is 25.9 Å². The fourth-order valence-corrected chi connectivity index (χ4v) is 5.95. The summed E-state index contributed by atoms with van der Waals surface area (Å²) < 4.78 is 41.9. The molecular weight excluding hydrogens is 571 g/mol. The van der Waals surface area contributed by atoms with E-state index in [9.17, 15) is 12.8 Å². The largest absolute Gasteiger partial charge is 0.487 e. The van der Waals surface area contributed by atoms with E-state index in [0.717, 1.165) is 45.7 Å². The number of nitrogens with one attached hydrogen (secondary N) is 1. The predicted molar refractivity (Wildman–Crippen MR) is 159 cm³/mol. The molecular formula is C29H26ClFN4O3S2. The molecule has 0 unspecified atom stereocenters. The number of anilines is 2. The van der Waals surface area contributed by atoms with E-state index in [0.29, 0.717) is 28.6 Å². The molecule has 206 valence electrons. The molecule has 2 aromatic heterocycles. The van der Waals surface area contributed by atoms with Gasteiger partial charge in [0.15, 0.2) is 0 Å². The molecule has 3 aromatic carbocycles. The summed E-state index contributed by atoms with van der Waals surface area (Å²) in [5.41, 5.74) is 3.99. The van der Waals surface area contributed by atoms with Gasteiger partial charge in [0.25, 0.3) is 0 Å². The van der Waals surface area contributed by atoms with E-state index in [-0.39, 0.29) is 18.2 Å². The van der Waals surface area contributed by atoms with Crippen LogP contribution < -0.4 is 10.1 Å². The van der Waals surface area contributed by atoms with Gasteiger partial charge in [-0.2, -0.15) is 0 Å². The van der Waals surface area contributed by atoms with Crippen molar-refractivity contribution >= 4 is 55.2 Å². The van der Waals surface area contributed by atoms with Crippen molar-refractivity contribution in [3.8, 4) is 17.0 Å². The van der Waals surface area contributed by atoms with E-state index in [1.807, 2.05) is 29.6 Å². The smallest absolute Gasteiger partial charge is 0.147 e. The zero-order valence-electron chi connectivity index (χ0n) is 21.6. The summed E-state index contributed by atoms with van der Waals surface area (Å²) in [6.45, 7) is 0.197. The molecule has 11 heteroatoms. The molecule has 0 atom stereocenters. The molecule has 5 aromatic rings. The third-order valence-electron chi connectivity index (χ3n) is 6.12. The zero-order valence-corrected chi connectivity index (χ0v) is 24.0. The lowest BCUT2D eigenvalue weighted by atomic mass is 10.1. The maximum absolute atomic E-state index is 13.4. The van der Waals surface area contributed by atoms with Crippen LogP contribution in [0.25, 0.3) is 22.2 Å². The summed E-state index contributed by atoms with van der Waals surface area (Å²) in [5.74, 6) is 0.986. The molecule has 0 radical (unpaired) electrons. The molecule has 0 saturated heterocycles. The molecule has 1 N–H and O–H groups in total. The Hall–Kier alpha value is -3.60. The van der Waals surface area contributed by atoms with Gasteiger partial charge < -0.3 is 10.1 Å². The highest BCUT2D eigenvalue weighted by Crippen LogP contribution is 2.33. The molecule has 0 saturated carbocycles. The summed E-state index contributed by atoms with van der Waals surface area (Å²) in [7, 11) is -2.94. The Labute approximate surface area is 241 Å². The van der Waals surface area contributed by atoms with Crippen LogP contribution in [0.2, 0.25) is 5.02 Å². The van der Waals surface area contributed by atoms with Crippen LogP contribution in [0.5, 0.6) is 5.75 Å². The lowest BCUT2D eigenvalue weighted by molar-refractivity contribution is 0.306. The number of sulfone groups is 1. The molecule has 0 aliphatic rings. The van der Waals surface area contributed by atoms with Crippen LogP contribution in [0.15, 0.2) is 72.4 Å². The van der Waals surface area contributed by atoms with Gasteiger partial charge in [-0.3, -0.25) is 0 Å². The second-order valence-corrected chi connectivity index (χ2v) is 13.0. The van der Waals surface area contributed by atoms with Gasteiger partial charge in [0.2, 0.25) is 0 Å². The van der Waals surface area contributed by atoms with E-state index in [4.69, 9.17) is 21.3 Å². The number of hydrogen-bond acceptors (Lipinski definition) is 8. The fraction of sp³-hybridized carbons (Fsp3) is 0.207. The normalized spacial score (nSPS) is 11.6. The number of aromatic nitrogens is 3. The Bertz CT molecular complexity index is 1760. The molecule has 0 aliphatic heterocycles. The number of aryl methyl sites for hydroxylation is 1. The van der Waals surface area contributed by atoms with Crippen LogP contribution >= 0.6 is 22.9 Å². The second kappa shape index (κ2) is 12.3. The molecule has 2 heterocycles. The minimum Gasteiger partial charge on any atom is -0.487 e. The average molecular weight is 597 g/mol. The third kappa shape index (κ3) is 7.32. The van der Waals surface area contributed by atoms with E-state index in [1.165, 1.54) is 24.7 Å². The number of thiazole rings is 1. The van der Waals surface area contributed by atoms with Crippen molar-refractivity contribution in [1.82, 2.24) is 15.0 Å². The van der Waals surface area contributed by atoms with Crippen LogP contribution in [0.1, 0.15) is 23.4 Å². The second-order valence-electron chi connectivity index (χ2n) is 9.36. The molecule has 0 spiro atoms. The molecule has 7 nitrogen and oxygen atoms in total. The van der Waals surface area contributed by atoms with Gasteiger partial charge in [-0.1, -0.05) is 29.8 Å². The van der Waals surface area contributed by atoms with Gasteiger partial charge >= 0.3 is 0 Å². The van der Waals surface area contributed by atoms with E-state index in [2.05, 4.69) is 15.3 Å². The Balaban J connectivity index is 1.29. The average Bonchev–Trinajstić information content (AvgIpc) is 3.39. The number of halogens is 2. The number of unbranched alkanes of at least 4 members (excludes halogenated alkanes) is 1. The Morgan fingerprint density at radius 3 is 2.73 bits per heavy atom. The van der Waals surface area contributed by atoms with Gasteiger partial charge in [-0.25, -0.2) is 27.8 Å². The van der Waals surface area contributed by atoms with Crippen molar-refractivity contribution in [2.75, 3.05) is 17.3 Å². The van der Waals surface area contributed by atoms with Crippen molar-refractivity contribution in [3.63, 3.8) is 0 Å². The number of fused-ring (bicyclic) bond motifs is 1.